The summed E-state index contributed by atoms with van der Waals surface area (Å²) in [7, 11) is -5.46. The van der Waals surface area contributed by atoms with E-state index < -0.39 is 26.1 Å². The van der Waals surface area contributed by atoms with E-state index in [0.29, 0.717) is 6.07 Å². The van der Waals surface area contributed by atoms with Crippen LogP contribution in [0.25, 0.3) is 0 Å². The Balaban J connectivity index is 3.36. The van der Waals surface area contributed by atoms with Crippen LogP contribution in [0.2, 0.25) is 0 Å². The number of benzene rings is 1. The van der Waals surface area contributed by atoms with E-state index in [2.05, 4.69) is 0 Å². The summed E-state index contributed by atoms with van der Waals surface area (Å²) in [6.45, 7) is 1.32. The summed E-state index contributed by atoms with van der Waals surface area (Å²) in [6, 6.07) is 2.06. The standard InChI is InChI=1S/C8H6F4O2S/c1-5-2-3-6(4-7(5)9)15(13,14)8(10,11)12/h2-4H,1H3. The van der Waals surface area contributed by atoms with Crippen molar-refractivity contribution in [1.82, 2.24) is 0 Å². The van der Waals surface area contributed by atoms with Gasteiger partial charge in [0, 0.05) is 0 Å². The number of sulfone groups is 1. The molecule has 0 aliphatic heterocycles. The van der Waals surface area contributed by atoms with Crippen molar-refractivity contribution in [2.75, 3.05) is 0 Å². The first-order valence-electron chi connectivity index (χ1n) is 3.74. The Bertz CT molecular complexity index is 476. The first-order valence-corrected chi connectivity index (χ1v) is 5.22. The summed E-state index contributed by atoms with van der Waals surface area (Å²) in [5.74, 6) is -0.986. The van der Waals surface area contributed by atoms with Crippen LogP contribution in [0.3, 0.4) is 0 Å². The summed E-state index contributed by atoms with van der Waals surface area (Å²) < 4.78 is 70.6. The zero-order valence-corrected chi connectivity index (χ0v) is 8.29. The fourth-order valence-electron chi connectivity index (χ4n) is 0.874. The lowest BCUT2D eigenvalue weighted by Crippen LogP contribution is -2.23. The van der Waals surface area contributed by atoms with Crippen LogP contribution in [0.1, 0.15) is 5.56 Å². The molecule has 0 unspecified atom stereocenters. The Kier molecular flexibility index (Phi) is 2.77. The highest BCUT2D eigenvalue weighted by Gasteiger charge is 2.46. The first-order chi connectivity index (χ1) is 6.66. The molecule has 0 atom stereocenters. The highest BCUT2D eigenvalue weighted by atomic mass is 32.2. The van der Waals surface area contributed by atoms with Gasteiger partial charge < -0.3 is 0 Å². The van der Waals surface area contributed by atoms with Gasteiger partial charge in [0.1, 0.15) is 5.82 Å². The van der Waals surface area contributed by atoms with E-state index in [4.69, 9.17) is 0 Å². The Morgan fingerprint density at radius 1 is 1.20 bits per heavy atom. The van der Waals surface area contributed by atoms with Crippen molar-refractivity contribution in [2.45, 2.75) is 17.3 Å². The number of hydrogen-bond acceptors (Lipinski definition) is 2. The second-order valence-electron chi connectivity index (χ2n) is 2.86. The molecule has 84 valence electrons. The summed E-state index contributed by atoms with van der Waals surface area (Å²) in [5, 5.41) is 0. The molecule has 1 aromatic rings. The monoisotopic (exact) mass is 242 g/mol. The summed E-state index contributed by atoms with van der Waals surface area (Å²) in [4.78, 5) is -1.09. The van der Waals surface area contributed by atoms with Gasteiger partial charge in [0.2, 0.25) is 0 Å². The molecule has 0 amide bonds. The van der Waals surface area contributed by atoms with Crippen molar-refractivity contribution in [1.29, 1.82) is 0 Å². The third-order valence-electron chi connectivity index (χ3n) is 1.76. The molecule has 0 spiro atoms. The zero-order chi connectivity index (χ0) is 11.9. The Morgan fingerprint density at radius 2 is 1.73 bits per heavy atom. The molecule has 0 saturated carbocycles. The first kappa shape index (κ1) is 12.0. The zero-order valence-electron chi connectivity index (χ0n) is 7.47. The van der Waals surface area contributed by atoms with Crippen molar-refractivity contribution in [3.63, 3.8) is 0 Å². The maximum Gasteiger partial charge on any atom is 0.501 e. The molecule has 0 N–H and O–H groups in total. The smallest absolute Gasteiger partial charge is 0.214 e. The fraction of sp³-hybridized carbons (Fsp3) is 0.250. The van der Waals surface area contributed by atoms with Gasteiger partial charge in [0.05, 0.1) is 4.90 Å². The number of halogens is 4. The maximum atomic E-state index is 12.9. The van der Waals surface area contributed by atoms with E-state index in [9.17, 15) is 26.0 Å². The predicted molar refractivity (Wildman–Crippen MR) is 44.4 cm³/mol. The number of alkyl halides is 3. The molecular formula is C8H6F4O2S. The van der Waals surface area contributed by atoms with Gasteiger partial charge in [-0.05, 0) is 24.6 Å². The quantitative estimate of drug-likeness (QED) is 0.709. The van der Waals surface area contributed by atoms with Crippen LogP contribution < -0.4 is 0 Å². The van der Waals surface area contributed by atoms with Gasteiger partial charge >= 0.3 is 5.51 Å². The minimum atomic E-state index is -5.46. The van der Waals surface area contributed by atoms with Gasteiger partial charge in [-0.25, -0.2) is 12.8 Å². The minimum Gasteiger partial charge on any atom is -0.214 e. The Labute approximate surface area is 83.4 Å². The topological polar surface area (TPSA) is 34.1 Å². The molecule has 0 radical (unpaired) electrons. The van der Waals surface area contributed by atoms with Crippen LogP contribution in [0.15, 0.2) is 23.1 Å². The molecule has 0 aromatic heterocycles. The molecule has 1 rings (SSSR count). The lowest BCUT2D eigenvalue weighted by Gasteiger charge is -2.08. The van der Waals surface area contributed by atoms with E-state index in [0.717, 1.165) is 12.1 Å². The summed E-state index contributed by atoms with van der Waals surface area (Å²) in [6.07, 6.45) is 0. The molecular weight excluding hydrogens is 236 g/mol. The highest BCUT2D eigenvalue weighted by Crippen LogP contribution is 2.30. The lowest BCUT2D eigenvalue weighted by atomic mass is 10.2. The number of hydrogen-bond donors (Lipinski definition) is 0. The van der Waals surface area contributed by atoms with Crippen LogP contribution in [0.5, 0.6) is 0 Å². The molecule has 0 aliphatic carbocycles. The van der Waals surface area contributed by atoms with Crippen molar-refractivity contribution in [3.05, 3.63) is 29.6 Å². The van der Waals surface area contributed by atoms with Crippen LogP contribution >= 0.6 is 0 Å². The average Bonchev–Trinajstić information content (AvgIpc) is 2.07. The molecule has 15 heavy (non-hydrogen) atoms. The summed E-state index contributed by atoms with van der Waals surface area (Å²) >= 11 is 0. The molecule has 2 nitrogen and oxygen atoms in total. The molecule has 7 heteroatoms. The van der Waals surface area contributed by atoms with Crippen molar-refractivity contribution in [3.8, 4) is 0 Å². The lowest BCUT2D eigenvalue weighted by molar-refractivity contribution is -0.0436. The van der Waals surface area contributed by atoms with Crippen LogP contribution in [-0.4, -0.2) is 13.9 Å². The Hall–Kier alpha value is -1.11. The molecule has 0 aliphatic rings. The van der Waals surface area contributed by atoms with Crippen LogP contribution in [0, 0.1) is 12.7 Å². The second-order valence-corrected chi connectivity index (χ2v) is 4.80. The van der Waals surface area contributed by atoms with E-state index in [1.54, 1.807) is 0 Å². The third-order valence-corrected chi connectivity index (χ3v) is 3.24. The fourth-order valence-corrected chi connectivity index (χ4v) is 1.65. The SMILES string of the molecule is Cc1ccc(S(=O)(=O)C(F)(F)F)cc1F. The van der Waals surface area contributed by atoms with E-state index >= 15 is 0 Å². The normalized spacial score (nSPS) is 12.9. The molecule has 1 aromatic carbocycles. The van der Waals surface area contributed by atoms with Gasteiger partial charge in [-0.3, -0.25) is 0 Å². The molecule has 0 bridgehead atoms. The number of rotatable bonds is 1. The number of aryl methyl sites for hydroxylation is 1. The summed E-state index contributed by atoms with van der Waals surface area (Å²) in [5.41, 5.74) is -5.33. The van der Waals surface area contributed by atoms with Crippen LogP contribution in [0.4, 0.5) is 17.6 Å². The largest absolute Gasteiger partial charge is 0.501 e. The van der Waals surface area contributed by atoms with Crippen molar-refractivity contribution in [2.24, 2.45) is 0 Å². The van der Waals surface area contributed by atoms with Gasteiger partial charge in [-0.2, -0.15) is 13.2 Å². The highest BCUT2D eigenvalue weighted by molar-refractivity contribution is 7.92. The van der Waals surface area contributed by atoms with Crippen molar-refractivity contribution >= 4 is 9.84 Å². The molecule has 0 fully saturated rings. The van der Waals surface area contributed by atoms with Crippen molar-refractivity contribution < 1.29 is 26.0 Å². The van der Waals surface area contributed by atoms with Crippen LogP contribution in [-0.2, 0) is 9.84 Å². The maximum absolute atomic E-state index is 12.9. The predicted octanol–water partition coefficient (Wildman–Crippen LogP) is 2.43. The van der Waals surface area contributed by atoms with Gasteiger partial charge in [0.15, 0.2) is 0 Å². The average molecular weight is 242 g/mol. The van der Waals surface area contributed by atoms with E-state index in [1.807, 2.05) is 0 Å². The van der Waals surface area contributed by atoms with Gasteiger partial charge in [-0.1, -0.05) is 6.07 Å². The van der Waals surface area contributed by atoms with Gasteiger partial charge in [-0.15, -0.1) is 0 Å². The third kappa shape index (κ3) is 2.11. The van der Waals surface area contributed by atoms with E-state index in [-0.39, 0.29) is 5.56 Å². The minimum absolute atomic E-state index is 0.0797. The molecule has 0 heterocycles. The van der Waals surface area contributed by atoms with E-state index in [1.165, 1.54) is 6.92 Å². The second kappa shape index (κ2) is 3.48. The Morgan fingerprint density at radius 3 is 2.13 bits per heavy atom. The van der Waals surface area contributed by atoms with Gasteiger partial charge in [0.25, 0.3) is 9.84 Å². The molecule has 0 saturated heterocycles.